The summed E-state index contributed by atoms with van der Waals surface area (Å²) in [6, 6.07) is 4.23. The van der Waals surface area contributed by atoms with Gasteiger partial charge in [-0.15, -0.1) is 0 Å². The van der Waals surface area contributed by atoms with Gasteiger partial charge in [0.25, 0.3) is 0 Å². The Morgan fingerprint density at radius 3 is 2.88 bits per heavy atom. The van der Waals surface area contributed by atoms with Gasteiger partial charge in [0.05, 0.1) is 0 Å². The highest BCUT2D eigenvalue weighted by Crippen LogP contribution is 2.29. The summed E-state index contributed by atoms with van der Waals surface area (Å²) in [5.74, 6) is 1.69. The molecule has 1 fully saturated rings. The normalized spacial score (nSPS) is 17.8. The first-order chi connectivity index (χ1) is 7.83. The van der Waals surface area contributed by atoms with Gasteiger partial charge in [-0.2, -0.15) is 0 Å². The second kappa shape index (κ2) is 5.30. The predicted octanol–water partition coefficient (Wildman–Crippen LogP) is 2.13. The van der Waals surface area contributed by atoms with E-state index in [4.69, 9.17) is 5.73 Å². The van der Waals surface area contributed by atoms with Gasteiger partial charge < -0.3 is 10.6 Å². The first-order valence-electron chi connectivity index (χ1n) is 6.23. The van der Waals surface area contributed by atoms with E-state index in [1.807, 2.05) is 12.3 Å². The predicted molar refractivity (Wildman–Crippen MR) is 67.8 cm³/mol. The first kappa shape index (κ1) is 11.4. The van der Waals surface area contributed by atoms with E-state index in [0.717, 1.165) is 26.1 Å². The summed E-state index contributed by atoms with van der Waals surface area (Å²) in [5.41, 5.74) is 6.99. The van der Waals surface area contributed by atoms with Gasteiger partial charge in [0.1, 0.15) is 5.82 Å². The number of nitrogens with zero attached hydrogens (tertiary/aromatic N) is 2. The summed E-state index contributed by atoms with van der Waals surface area (Å²) in [6.45, 7) is 5.29. The number of hydrogen-bond acceptors (Lipinski definition) is 3. The van der Waals surface area contributed by atoms with Crippen LogP contribution in [0, 0.1) is 0 Å². The largest absolute Gasteiger partial charge is 0.356 e. The van der Waals surface area contributed by atoms with Gasteiger partial charge in [-0.1, -0.05) is 13.0 Å². The Balaban J connectivity index is 2.22. The monoisotopic (exact) mass is 219 g/mol. The lowest BCUT2D eigenvalue weighted by atomic mass is 9.98. The molecule has 2 rings (SSSR count). The van der Waals surface area contributed by atoms with Crippen LogP contribution in [0.5, 0.6) is 0 Å². The highest BCUT2D eigenvalue weighted by atomic mass is 15.2. The van der Waals surface area contributed by atoms with Crippen molar-refractivity contribution in [3.05, 3.63) is 23.9 Å². The van der Waals surface area contributed by atoms with Gasteiger partial charge >= 0.3 is 0 Å². The minimum Gasteiger partial charge on any atom is -0.356 e. The third-order valence-electron chi connectivity index (χ3n) is 3.35. The number of aromatic nitrogens is 1. The Bertz CT molecular complexity index is 332. The van der Waals surface area contributed by atoms with E-state index < -0.39 is 0 Å². The van der Waals surface area contributed by atoms with E-state index in [1.165, 1.54) is 24.2 Å². The molecule has 0 radical (unpaired) electrons. The molecule has 2 N–H and O–H groups in total. The molecule has 1 aromatic heterocycles. The molecule has 1 unspecified atom stereocenters. The molecule has 1 aliphatic rings. The van der Waals surface area contributed by atoms with Gasteiger partial charge in [-0.05, 0) is 43.4 Å². The molecule has 1 saturated heterocycles. The van der Waals surface area contributed by atoms with Gasteiger partial charge in [0.2, 0.25) is 0 Å². The SMILES string of the molecule is CC(CCN)c1cccnc1N1CCCC1. The van der Waals surface area contributed by atoms with Crippen LogP contribution in [-0.4, -0.2) is 24.6 Å². The van der Waals surface area contributed by atoms with Crippen molar-refractivity contribution in [2.24, 2.45) is 5.73 Å². The molecule has 88 valence electrons. The molecule has 1 aliphatic heterocycles. The molecule has 3 heteroatoms. The maximum atomic E-state index is 5.64. The van der Waals surface area contributed by atoms with Gasteiger partial charge in [-0.25, -0.2) is 4.98 Å². The Labute approximate surface area is 97.7 Å². The Morgan fingerprint density at radius 1 is 1.44 bits per heavy atom. The van der Waals surface area contributed by atoms with Crippen molar-refractivity contribution >= 4 is 5.82 Å². The highest BCUT2D eigenvalue weighted by Gasteiger charge is 2.19. The minimum atomic E-state index is 0.509. The maximum absolute atomic E-state index is 5.64. The van der Waals surface area contributed by atoms with Crippen molar-refractivity contribution < 1.29 is 0 Å². The van der Waals surface area contributed by atoms with Crippen molar-refractivity contribution in [1.29, 1.82) is 0 Å². The molecule has 0 bridgehead atoms. The van der Waals surface area contributed by atoms with Crippen molar-refractivity contribution in [2.45, 2.75) is 32.1 Å². The zero-order chi connectivity index (χ0) is 11.4. The maximum Gasteiger partial charge on any atom is 0.131 e. The summed E-state index contributed by atoms with van der Waals surface area (Å²) in [7, 11) is 0. The van der Waals surface area contributed by atoms with Crippen LogP contribution in [0.15, 0.2) is 18.3 Å². The molecule has 3 nitrogen and oxygen atoms in total. The number of hydrogen-bond donors (Lipinski definition) is 1. The van der Waals surface area contributed by atoms with Crippen LogP contribution in [0.1, 0.15) is 37.7 Å². The van der Waals surface area contributed by atoms with Crippen LogP contribution in [0.2, 0.25) is 0 Å². The van der Waals surface area contributed by atoms with Crippen LogP contribution in [0.4, 0.5) is 5.82 Å². The molecule has 1 atom stereocenters. The van der Waals surface area contributed by atoms with Crippen molar-refractivity contribution in [3.8, 4) is 0 Å². The quantitative estimate of drug-likeness (QED) is 0.843. The van der Waals surface area contributed by atoms with Crippen molar-refractivity contribution in [3.63, 3.8) is 0 Å². The van der Waals surface area contributed by atoms with E-state index in [-0.39, 0.29) is 0 Å². The van der Waals surface area contributed by atoms with E-state index >= 15 is 0 Å². The fourth-order valence-electron chi connectivity index (χ4n) is 2.39. The standard InChI is InChI=1S/C13H21N3/c1-11(6-7-14)12-5-4-8-15-13(12)16-9-2-3-10-16/h4-5,8,11H,2-3,6-7,9-10,14H2,1H3. The average molecular weight is 219 g/mol. The van der Waals surface area contributed by atoms with Crippen molar-refractivity contribution in [1.82, 2.24) is 4.98 Å². The second-order valence-corrected chi connectivity index (χ2v) is 4.59. The zero-order valence-electron chi connectivity index (χ0n) is 10.0. The number of nitrogens with two attached hydrogens (primary N) is 1. The Kier molecular flexibility index (Phi) is 3.78. The first-order valence-corrected chi connectivity index (χ1v) is 6.23. The van der Waals surface area contributed by atoms with Crippen LogP contribution in [0.25, 0.3) is 0 Å². The number of anilines is 1. The second-order valence-electron chi connectivity index (χ2n) is 4.59. The Morgan fingerprint density at radius 2 is 2.19 bits per heavy atom. The summed E-state index contributed by atoms with van der Waals surface area (Å²) >= 11 is 0. The molecule has 0 amide bonds. The zero-order valence-corrected chi connectivity index (χ0v) is 10.0. The third kappa shape index (κ3) is 2.35. The molecular weight excluding hydrogens is 198 g/mol. The van der Waals surface area contributed by atoms with Gasteiger partial charge in [0.15, 0.2) is 0 Å². The molecular formula is C13H21N3. The minimum absolute atomic E-state index is 0.509. The van der Waals surface area contributed by atoms with E-state index in [9.17, 15) is 0 Å². The number of pyridine rings is 1. The van der Waals surface area contributed by atoms with E-state index in [0.29, 0.717) is 5.92 Å². The summed E-state index contributed by atoms with van der Waals surface area (Å²) in [4.78, 5) is 6.95. The fourth-order valence-corrected chi connectivity index (χ4v) is 2.39. The molecule has 0 aromatic carbocycles. The van der Waals surface area contributed by atoms with Crippen LogP contribution in [0.3, 0.4) is 0 Å². The molecule has 0 aliphatic carbocycles. The lowest BCUT2D eigenvalue weighted by Gasteiger charge is -2.22. The summed E-state index contributed by atoms with van der Waals surface area (Å²) in [6.07, 6.45) is 5.52. The Hall–Kier alpha value is -1.09. The molecule has 0 saturated carbocycles. The van der Waals surface area contributed by atoms with E-state index in [2.05, 4.69) is 22.9 Å². The van der Waals surface area contributed by atoms with Gasteiger partial charge in [0, 0.05) is 19.3 Å². The average Bonchev–Trinajstić information content (AvgIpc) is 2.83. The van der Waals surface area contributed by atoms with Crippen LogP contribution >= 0.6 is 0 Å². The molecule has 0 spiro atoms. The van der Waals surface area contributed by atoms with Crippen LogP contribution in [-0.2, 0) is 0 Å². The topological polar surface area (TPSA) is 42.1 Å². The lowest BCUT2D eigenvalue weighted by Crippen LogP contribution is -2.21. The van der Waals surface area contributed by atoms with Gasteiger partial charge in [-0.3, -0.25) is 0 Å². The molecule has 1 aromatic rings. The molecule has 2 heterocycles. The number of rotatable bonds is 4. The summed E-state index contributed by atoms with van der Waals surface area (Å²) < 4.78 is 0. The third-order valence-corrected chi connectivity index (χ3v) is 3.35. The highest BCUT2D eigenvalue weighted by molar-refractivity contribution is 5.49. The van der Waals surface area contributed by atoms with E-state index in [1.54, 1.807) is 0 Å². The summed E-state index contributed by atoms with van der Waals surface area (Å²) in [5, 5.41) is 0. The fraction of sp³-hybridized carbons (Fsp3) is 0.615. The lowest BCUT2D eigenvalue weighted by molar-refractivity contribution is 0.683. The smallest absolute Gasteiger partial charge is 0.131 e. The van der Waals surface area contributed by atoms with Crippen molar-refractivity contribution in [2.75, 3.05) is 24.5 Å². The van der Waals surface area contributed by atoms with Crippen LogP contribution < -0.4 is 10.6 Å². The molecule has 16 heavy (non-hydrogen) atoms.